The van der Waals surface area contributed by atoms with Crippen LogP contribution in [0.5, 0.6) is 0 Å². The zero-order chi connectivity index (χ0) is 26.4. The van der Waals surface area contributed by atoms with Crippen LogP contribution in [-0.2, 0) is 11.0 Å². The van der Waals surface area contributed by atoms with E-state index in [0.717, 1.165) is 29.5 Å². The van der Waals surface area contributed by atoms with Gasteiger partial charge < -0.3 is 10.2 Å². The van der Waals surface area contributed by atoms with Gasteiger partial charge in [-0.3, -0.25) is 14.5 Å². The molecule has 1 aliphatic carbocycles. The minimum Gasteiger partial charge on any atom is -0.355 e. The summed E-state index contributed by atoms with van der Waals surface area (Å²) >= 11 is 5.63. The summed E-state index contributed by atoms with van der Waals surface area (Å²) < 4.78 is 55.8. The molecule has 1 saturated heterocycles. The Hall–Kier alpha value is -3.52. The highest BCUT2D eigenvalue weighted by molar-refractivity contribution is 7.81. The monoisotopic (exact) mass is 518 g/mol. The first-order chi connectivity index (χ1) is 16.9. The quantitative estimate of drug-likeness (QED) is 0.449. The molecule has 0 radical (unpaired) electrons. The molecule has 4 rings (SSSR count). The fourth-order valence-corrected chi connectivity index (χ4v) is 5.61. The molecule has 188 valence electrons. The first kappa shape index (κ1) is 25.6. The molecule has 0 aromatic heterocycles. The van der Waals surface area contributed by atoms with Crippen molar-refractivity contribution in [3.05, 3.63) is 58.9 Å². The summed E-state index contributed by atoms with van der Waals surface area (Å²) in [5.41, 5.74) is -3.07. The van der Waals surface area contributed by atoms with Gasteiger partial charge in [0.15, 0.2) is 5.11 Å². The van der Waals surface area contributed by atoms with Crippen LogP contribution in [0.1, 0.15) is 54.1 Å². The normalized spacial score (nSPS) is 22.2. The highest BCUT2D eigenvalue weighted by Gasteiger charge is 2.57. The Morgan fingerprint density at radius 1 is 1.22 bits per heavy atom. The maximum absolute atomic E-state index is 14.9. The molecule has 1 aliphatic heterocycles. The van der Waals surface area contributed by atoms with Crippen molar-refractivity contribution in [1.82, 2.24) is 5.32 Å². The molecule has 2 aromatic rings. The number of thiocarbonyl (C=S) groups is 1. The van der Waals surface area contributed by atoms with E-state index in [1.54, 1.807) is 0 Å². The number of amides is 2. The summed E-state index contributed by atoms with van der Waals surface area (Å²) in [5.74, 6) is -1.85. The van der Waals surface area contributed by atoms with Crippen molar-refractivity contribution in [1.29, 1.82) is 5.26 Å². The number of hydrogen-bond donors (Lipinski definition) is 1. The third-order valence-electron chi connectivity index (χ3n) is 6.75. The Morgan fingerprint density at radius 2 is 1.92 bits per heavy atom. The lowest BCUT2D eigenvalue weighted by molar-refractivity contribution is -0.137. The number of nitrogens with one attached hydrogen (secondary N) is 1. The van der Waals surface area contributed by atoms with Crippen molar-refractivity contribution in [3.63, 3.8) is 0 Å². The number of carbonyl (C=O) groups is 2. The number of carbonyl (C=O) groups excluding carboxylic acids is 2. The smallest absolute Gasteiger partial charge is 0.355 e. The standard InChI is InChI=1S/C25H22F4N4O2S/c1-14-4-3-9-24(12-14)22(35)32(16-6-5-15(13-30)19(10-16)25(27,28)29)23(36)33(24)17-7-8-18(20(26)11-17)21(34)31-2/h5-8,10-11,14H,3-4,9,12H2,1-2H3,(H,31,34)/t14-,24?/m1/s1. The highest BCUT2D eigenvalue weighted by Crippen LogP contribution is 2.47. The van der Waals surface area contributed by atoms with E-state index in [9.17, 15) is 27.2 Å². The van der Waals surface area contributed by atoms with E-state index in [4.69, 9.17) is 17.5 Å². The Labute approximate surface area is 210 Å². The fraction of sp³-hybridized carbons (Fsp3) is 0.360. The SMILES string of the molecule is CNC(=O)c1ccc(N2C(=S)N(c3ccc(C#N)c(C(F)(F)F)c3)C(=O)C23CCC[C@@H](C)C3)cc1F. The van der Waals surface area contributed by atoms with Gasteiger partial charge in [-0.2, -0.15) is 18.4 Å². The number of halogens is 4. The van der Waals surface area contributed by atoms with Gasteiger partial charge in [0, 0.05) is 12.7 Å². The van der Waals surface area contributed by atoms with E-state index < -0.39 is 40.5 Å². The van der Waals surface area contributed by atoms with Crippen molar-refractivity contribution in [3.8, 4) is 6.07 Å². The predicted octanol–water partition coefficient (Wildman–Crippen LogP) is 5.16. The van der Waals surface area contributed by atoms with Gasteiger partial charge in [-0.15, -0.1) is 0 Å². The first-order valence-electron chi connectivity index (χ1n) is 11.3. The average Bonchev–Trinajstić information content (AvgIpc) is 3.02. The van der Waals surface area contributed by atoms with Crippen molar-refractivity contribution >= 4 is 40.5 Å². The third-order valence-corrected chi connectivity index (χ3v) is 7.12. The van der Waals surface area contributed by atoms with E-state index in [0.29, 0.717) is 19.3 Å². The van der Waals surface area contributed by atoms with Gasteiger partial charge in [0.2, 0.25) is 0 Å². The zero-order valence-electron chi connectivity index (χ0n) is 19.4. The number of nitrogens with zero attached hydrogens (tertiary/aromatic N) is 3. The molecule has 1 heterocycles. The largest absolute Gasteiger partial charge is 0.417 e. The molecule has 2 aliphatic rings. The van der Waals surface area contributed by atoms with Gasteiger partial charge in [-0.1, -0.05) is 19.8 Å². The summed E-state index contributed by atoms with van der Waals surface area (Å²) in [6.45, 7) is 1.97. The van der Waals surface area contributed by atoms with Crippen LogP contribution in [0.2, 0.25) is 0 Å². The van der Waals surface area contributed by atoms with Crippen molar-refractivity contribution in [2.75, 3.05) is 16.8 Å². The number of anilines is 2. The third kappa shape index (κ3) is 4.09. The Balaban J connectivity index is 1.87. The second kappa shape index (κ2) is 9.17. The predicted molar refractivity (Wildman–Crippen MR) is 129 cm³/mol. The number of hydrogen-bond acceptors (Lipinski definition) is 4. The van der Waals surface area contributed by atoms with Crippen LogP contribution < -0.4 is 15.1 Å². The maximum atomic E-state index is 14.9. The molecule has 36 heavy (non-hydrogen) atoms. The van der Waals surface area contributed by atoms with Gasteiger partial charge in [0.1, 0.15) is 11.4 Å². The fourth-order valence-electron chi connectivity index (χ4n) is 5.15. The molecule has 2 fully saturated rings. The van der Waals surface area contributed by atoms with Crippen LogP contribution >= 0.6 is 12.2 Å². The topological polar surface area (TPSA) is 76.4 Å². The number of nitriles is 1. The lowest BCUT2D eigenvalue weighted by atomic mass is 9.75. The molecule has 2 atom stereocenters. The summed E-state index contributed by atoms with van der Waals surface area (Å²) in [4.78, 5) is 28.4. The number of alkyl halides is 3. The lowest BCUT2D eigenvalue weighted by Gasteiger charge is -2.41. The molecular formula is C25H22F4N4O2S. The van der Waals surface area contributed by atoms with Crippen LogP contribution in [0.25, 0.3) is 0 Å². The zero-order valence-corrected chi connectivity index (χ0v) is 20.3. The average molecular weight is 519 g/mol. The summed E-state index contributed by atoms with van der Waals surface area (Å²) in [6.07, 6.45) is -2.56. The molecule has 0 bridgehead atoms. The van der Waals surface area contributed by atoms with Crippen LogP contribution in [0, 0.1) is 23.1 Å². The van der Waals surface area contributed by atoms with Gasteiger partial charge >= 0.3 is 6.18 Å². The minimum atomic E-state index is -4.82. The van der Waals surface area contributed by atoms with E-state index in [1.165, 1.54) is 36.2 Å². The second-order valence-electron chi connectivity index (χ2n) is 9.07. The minimum absolute atomic E-state index is 0.0981. The van der Waals surface area contributed by atoms with Gasteiger partial charge in [0.25, 0.3) is 11.8 Å². The summed E-state index contributed by atoms with van der Waals surface area (Å²) in [6, 6.07) is 8.37. The molecular weight excluding hydrogens is 496 g/mol. The highest BCUT2D eigenvalue weighted by atomic mass is 32.1. The van der Waals surface area contributed by atoms with Crippen LogP contribution in [-0.4, -0.2) is 29.5 Å². The molecule has 6 nitrogen and oxygen atoms in total. The van der Waals surface area contributed by atoms with Crippen LogP contribution in [0.4, 0.5) is 28.9 Å². The molecule has 2 aromatic carbocycles. The van der Waals surface area contributed by atoms with Gasteiger partial charge in [-0.05, 0) is 67.4 Å². The summed E-state index contributed by atoms with van der Waals surface area (Å²) in [5, 5.41) is 11.4. The Bertz CT molecular complexity index is 1310. The van der Waals surface area contributed by atoms with Crippen molar-refractivity contribution < 1.29 is 27.2 Å². The van der Waals surface area contributed by atoms with Gasteiger partial charge in [0.05, 0.1) is 28.4 Å². The lowest BCUT2D eigenvalue weighted by Crippen LogP contribution is -2.52. The van der Waals surface area contributed by atoms with Crippen LogP contribution in [0.3, 0.4) is 0 Å². The number of benzene rings is 2. The van der Waals surface area contributed by atoms with Gasteiger partial charge in [-0.25, -0.2) is 4.39 Å². The van der Waals surface area contributed by atoms with Crippen molar-refractivity contribution in [2.45, 2.75) is 44.3 Å². The molecule has 2 amide bonds. The second-order valence-corrected chi connectivity index (χ2v) is 9.44. The maximum Gasteiger partial charge on any atom is 0.417 e. The first-order valence-corrected chi connectivity index (χ1v) is 11.7. The van der Waals surface area contributed by atoms with E-state index in [1.807, 2.05) is 6.92 Å². The Kier molecular flexibility index (Phi) is 6.51. The molecule has 1 N–H and O–H groups in total. The number of rotatable bonds is 3. The van der Waals surface area contributed by atoms with E-state index in [2.05, 4.69) is 5.32 Å². The van der Waals surface area contributed by atoms with Crippen LogP contribution in [0.15, 0.2) is 36.4 Å². The van der Waals surface area contributed by atoms with Crippen molar-refractivity contribution in [2.24, 2.45) is 5.92 Å². The molecule has 11 heteroatoms. The molecule has 1 unspecified atom stereocenters. The molecule has 1 saturated carbocycles. The van der Waals surface area contributed by atoms with E-state index in [-0.39, 0.29) is 28.0 Å². The summed E-state index contributed by atoms with van der Waals surface area (Å²) in [7, 11) is 1.37. The van der Waals surface area contributed by atoms with E-state index >= 15 is 0 Å². The Morgan fingerprint density at radius 3 is 2.50 bits per heavy atom. The molecule has 1 spiro atoms.